The molecule has 1 unspecified atom stereocenters. The number of ether oxygens (including phenoxy) is 1. The van der Waals surface area contributed by atoms with Gasteiger partial charge in [-0.1, -0.05) is 49.0 Å². The second-order valence-corrected chi connectivity index (χ2v) is 8.67. The molecule has 2 aromatic carbocycles. The van der Waals surface area contributed by atoms with Crippen molar-refractivity contribution in [2.24, 2.45) is 0 Å². The van der Waals surface area contributed by atoms with Crippen LogP contribution in [0, 0.1) is 0 Å². The van der Waals surface area contributed by atoms with Crippen molar-refractivity contribution in [3.63, 3.8) is 0 Å². The lowest BCUT2D eigenvalue weighted by Gasteiger charge is -2.20. The molecule has 35 heavy (non-hydrogen) atoms. The number of thioether (sulfide) groups is 1. The molecule has 6 nitrogen and oxygen atoms in total. The van der Waals surface area contributed by atoms with E-state index in [0.29, 0.717) is 39.6 Å². The maximum Gasteiger partial charge on any atom is 0.416 e. The van der Waals surface area contributed by atoms with Crippen molar-refractivity contribution >= 4 is 34.4 Å². The Morgan fingerprint density at radius 2 is 1.97 bits per heavy atom. The van der Waals surface area contributed by atoms with Gasteiger partial charge in [-0.2, -0.15) is 13.2 Å². The molecule has 0 saturated heterocycles. The fraction of sp³-hybridized carbons (Fsp3) is 0.240. The Labute approximate surface area is 204 Å². The van der Waals surface area contributed by atoms with Gasteiger partial charge >= 0.3 is 6.18 Å². The third kappa shape index (κ3) is 5.43. The summed E-state index contributed by atoms with van der Waals surface area (Å²) < 4.78 is 46.5. The molecule has 4 aromatic rings. The molecule has 0 aliphatic rings. The minimum atomic E-state index is -4.41. The van der Waals surface area contributed by atoms with Gasteiger partial charge in [0.1, 0.15) is 11.8 Å². The highest BCUT2D eigenvalue weighted by molar-refractivity contribution is 7.98. The lowest BCUT2D eigenvalue weighted by Crippen LogP contribution is -2.26. The first-order valence-corrected chi connectivity index (χ1v) is 11.8. The lowest BCUT2D eigenvalue weighted by atomic mass is 10.1. The Kier molecular flexibility index (Phi) is 7.30. The quantitative estimate of drug-likeness (QED) is 0.286. The first-order valence-electron chi connectivity index (χ1n) is 10.9. The minimum Gasteiger partial charge on any atom is -0.495 e. The maximum atomic E-state index is 13.4. The molecule has 10 heteroatoms. The van der Waals surface area contributed by atoms with E-state index in [4.69, 9.17) is 4.74 Å². The Hall–Kier alpha value is -3.53. The van der Waals surface area contributed by atoms with Gasteiger partial charge in [-0.3, -0.25) is 9.78 Å². The summed E-state index contributed by atoms with van der Waals surface area (Å²) in [5.74, 6) is 0.527. The monoisotopic (exact) mass is 500 g/mol. The predicted octanol–water partition coefficient (Wildman–Crippen LogP) is 6.34. The van der Waals surface area contributed by atoms with Gasteiger partial charge in [-0.25, -0.2) is 4.98 Å². The largest absolute Gasteiger partial charge is 0.495 e. The number of carbonyl (C=O) groups excluding carboxylic acids is 1. The van der Waals surface area contributed by atoms with E-state index in [0.717, 1.165) is 12.1 Å². The molecule has 0 aliphatic carbocycles. The Bertz CT molecular complexity index is 1340. The molecule has 1 amide bonds. The van der Waals surface area contributed by atoms with Gasteiger partial charge in [0.2, 0.25) is 5.91 Å². The molecule has 0 radical (unpaired) electrons. The first-order chi connectivity index (χ1) is 16.8. The number of alkyl halides is 3. The third-order valence-electron chi connectivity index (χ3n) is 5.45. The molecule has 0 aliphatic heterocycles. The SMILES string of the molecule is CCC(C(=O)Nc1ccccc1OC)n1c(SCc2cccc(C(F)(F)F)c2)nc2ccncc21. The third-order valence-corrected chi connectivity index (χ3v) is 6.47. The van der Waals surface area contributed by atoms with E-state index in [2.05, 4.69) is 15.3 Å². The van der Waals surface area contributed by atoms with E-state index in [1.807, 2.05) is 13.0 Å². The number of fused-ring (bicyclic) bond motifs is 1. The zero-order valence-electron chi connectivity index (χ0n) is 19.0. The van der Waals surface area contributed by atoms with Crippen molar-refractivity contribution in [2.75, 3.05) is 12.4 Å². The number of halogens is 3. The second kappa shape index (κ2) is 10.4. The van der Waals surface area contributed by atoms with Crippen LogP contribution >= 0.6 is 11.8 Å². The number of hydrogen-bond donors (Lipinski definition) is 1. The van der Waals surface area contributed by atoms with Gasteiger partial charge in [0.25, 0.3) is 0 Å². The summed E-state index contributed by atoms with van der Waals surface area (Å²) in [6.45, 7) is 1.88. The number of para-hydroxylation sites is 2. The molecule has 182 valence electrons. The summed E-state index contributed by atoms with van der Waals surface area (Å²) in [5.41, 5.74) is 1.67. The second-order valence-electron chi connectivity index (χ2n) is 7.73. The minimum absolute atomic E-state index is 0.255. The smallest absolute Gasteiger partial charge is 0.416 e. The fourth-order valence-electron chi connectivity index (χ4n) is 3.76. The van der Waals surface area contributed by atoms with Crippen molar-refractivity contribution < 1.29 is 22.7 Å². The van der Waals surface area contributed by atoms with Crippen molar-refractivity contribution in [1.82, 2.24) is 14.5 Å². The summed E-state index contributed by atoms with van der Waals surface area (Å²) in [4.78, 5) is 22.2. The summed E-state index contributed by atoms with van der Waals surface area (Å²) in [7, 11) is 1.53. The topological polar surface area (TPSA) is 69.0 Å². The number of amides is 1. The number of carbonyl (C=O) groups is 1. The number of rotatable bonds is 8. The van der Waals surface area contributed by atoms with Gasteiger partial charge in [0.05, 0.1) is 35.6 Å². The van der Waals surface area contributed by atoms with Crippen LogP contribution < -0.4 is 10.1 Å². The van der Waals surface area contributed by atoms with Crippen molar-refractivity contribution in [3.05, 3.63) is 78.1 Å². The maximum absolute atomic E-state index is 13.4. The molecule has 2 aromatic heterocycles. The highest BCUT2D eigenvalue weighted by Crippen LogP contribution is 2.34. The van der Waals surface area contributed by atoms with E-state index < -0.39 is 17.8 Å². The summed E-state index contributed by atoms with van der Waals surface area (Å²) in [6, 6.07) is 13.4. The normalized spacial score (nSPS) is 12.5. The number of nitrogens with one attached hydrogen (secondary N) is 1. The van der Waals surface area contributed by atoms with Crippen LogP contribution in [0.4, 0.5) is 18.9 Å². The number of hydrogen-bond acceptors (Lipinski definition) is 5. The van der Waals surface area contributed by atoms with Gasteiger partial charge in [-0.05, 0) is 36.2 Å². The number of nitrogens with zero attached hydrogens (tertiary/aromatic N) is 3. The molecule has 0 saturated carbocycles. The number of imidazole rings is 1. The lowest BCUT2D eigenvalue weighted by molar-refractivity contribution is -0.137. The highest BCUT2D eigenvalue weighted by atomic mass is 32.2. The van der Waals surface area contributed by atoms with Gasteiger partial charge < -0.3 is 14.6 Å². The van der Waals surface area contributed by atoms with E-state index in [1.54, 1.807) is 47.3 Å². The summed E-state index contributed by atoms with van der Waals surface area (Å²) >= 11 is 1.27. The molecule has 2 heterocycles. The average Bonchev–Trinajstić information content (AvgIpc) is 3.21. The number of methoxy groups -OCH3 is 1. The van der Waals surface area contributed by atoms with Crippen molar-refractivity contribution in [2.45, 2.75) is 36.5 Å². The number of pyridine rings is 1. The molecular formula is C25H23F3N4O2S. The zero-order chi connectivity index (χ0) is 25.0. The van der Waals surface area contributed by atoms with Crippen molar-refractivity contribution in [3.8, 4) is 5.75 Å². The van der Waals surface area contributed by atoms with Crippen LogP contribution in [0.15, 0.2) is 72.1 Å². The van der Waals surface area contributed by atoms with Gasteiger partial charge in [0, 0.05) is 11.9 Å². The number of anilines is 1. The molecule has 0 bridgehead atoms. The Morgan fingerprint density at radius 1 is 1.17 bits per heavy atom. The standard InChI is InChI=1S/C25H23F3N4O2S/c1-3-20(23(33)30-19-9-4-5-10-22(19)34-2)32-21-14-29-12-11-18(21)31-24(32)35-15-16-7-6-8-17(13-16)25(26,27)28/h4-14,20H,3,15H2,1-2H3,(H,30,33). The van der Waals surface area contributed by atoms with E-state index in [1.165, 1.54) is 24.9 Å². The Morgan fingerprint density at radius 3 is 2.71 bits per heavy atom. The van der Waals surface area contributed by atoms with E-state index >= 15 is 0 Å². The average molecular weight is 501 g/mol. The van der Waals surface area contributed by atoms with Crippen LogP contribution in [-0.2, 0) is 16.7 Å². The summed E-state index contributed by atoms with van der Waals surface area (Å²) in [5, 5.41) is 3.44. The molecule has 0 fully saturated rings. The van der Waals surface area contributed by atoms with Crippen LogP contribution in [0.3, 0.4) is 0 Å². The zero-order valence-corrected chi connectivity index (χ0v) is 19.9. The van der Waals surface area contributed by atoms with Crippen LogP contribution in [-0.4, -0.2) is 27.6 Å². The van der Waals surface area contributed by atoms with E-state index in [9.17, 15) is 18.0 Å². The fourth-order valence-corrected chi connectivity index (χ4v) is 4.76. The number of aromatic nitrogens is 3. The highest BCUT2D eigenvalue weighted by Gasteiger charge is 2.30. The first kappa shape index (κ1) is 24.6. The van der Waals surface area contributed by atoms with Crippen molar-refractivity contribution in [1.29, 1.82) is 0 Å². The van der Waals surface area contributed by atoms with Crippen LogP contribution in [0.1, 0.15) is 30.5 Å². The predicted molar refractivity (Wildman–Crippen MR) is 129 cm³/mol. The molecular weight excluding hydrogens is 477 g/mol. The van der Waals surface area contributed by atoms with Gasteiger partial charge in [-0.15, -0.1) is 0 Å². The Balaban J connectivity index is 1.65. The van der Waals surface area contributed by atoms with Crippen LogP contribution in [0.5, 0.6) is 5.75 Å². The van der Waals surface area contributed by atoms with Crippen LogP contribution in [0.25, 0.3) is 11.0 Å². The molecule has 4 rings (SSSR count). The van der Waals surface area contributed by atoms with Gasteiger partial charge in [0.15, 0.2) is 5.16 Å². The molecule has 1 N–H and O–H groups in total. The molecule has 0 spiro atoms. The molecule has 1 atom stereocenters. The summed E-state index contributed by atoms with van der Waals surface area (Å²) in [6.07, 6.45) is -0.714. The number of benzene rings is 2. The van der Waals surface area contributed by atoms with Crippen LogP contribution in [0.2, 0.25) is 0 Å². The van der Waals surface area contributed by atoms with E-state index in [-0.39, 0.29) is 11.7 Å².